The van der Waals surface area contributed by atoms with Gasteiger partial charge in [-0.25, -0.2) is 0 Å². The highest BCUT2D eigenvalue weighted by Crippen LogP contribution is 2.41. The van der Waals surface area contributed by atoms with E-state index in [1.54, 1.807) is 7.11 Å². The number of hydrogen-bond acceptors (Lipinski definition) is 2. The van der Waals surface area contributed by atoms with E-state index in [0.29, 0.717) is 18.0 Å². The molecular weight excluding hydrogens is 210 g/mol. The second-order valence-electron chi connectivity index (χ2n) is 4.80. The molecule has 1 fully saturated rings. The summed E-state index contributed by atoms with van der Waals surface area (Å²) in [6.45, 7) is 5.94. The van der Waals surface area contributed by atoms with Crippen LogP contribution in [0.25, 0.3) is 0 Å². The highest BCUT2D eigenvalue weighted by molar-refractivity contribution is 5.37. The summed E-state index contributed by atoms with van der Waals surface area (Å²) in [5.41, 5.74) is 1.35. The van der Waals surface area contributed by atoms with Crippen LogP contribution < -0.4 is 10.1 Å². The first-order valence-corrected chi connectivity index (χ1v) is 6.26. The van der Waals surface area contributed by atoms with Crippen LogP contribution >= 0.6 is 0 Å². The summed E-state index contributed by atoms with van der Waals surface area (Å²) < 4.78 is 5.40. The average molecular weight is 231 g/mol. The molecule has 0 amide bonds. The number of benzene rings is 1. The molecule has 1 unspecified atom stereocenters. The van der Waals surface area contributed by atoms with Crippen LogP contribution in [0.5, 0.6) is 5.75 Å². The first-order valence-electron chi connectivity index (χ1n) is 6.26. The lowest BCUT2D eigenvalue weighted by Crippen LogP contribution is -2.43. The first kappa shape index (κ1) is 12.2. The lowest BCUT2D eigenvalue weighted by Gasteiger charge is -2.38. The molecule has 2 heteroatoms. The zero-order valence-electron chi connectivity index (χ0n) is 10.6. The molecule has 2 rings (SSSR count). The Hall–Kier alpha value is -1.28. The zero-order chi connectivity index (χ0) is 12.3. The van der Waals surface area contributed by atoms with Crippen molar-refractivity contribution in [1.29, 1.82) is 0 Å². The third kappa shape index (κ3) is 2.70. The van der Waals surface area contributed by atoms with Gasteiger partial charge in [-0.15, -0.1) is 6.58 Å². The summed E-state index contributed by atoms with van der Waals surface area (Å²) in [6.07, 6.45) is 4.34. The minimum Gasteiger partial charge on any atom is -0.496 e. The second kappa shape index (κ2) is 5.37. The lowest BCUT2D eigenvalue weighted by atomic mass is 9.75. The minimum atomic E-state index is 0.401. The summed E-state index contributed by atoms with van der Waals surface area (Å²) in [4.78, 5) is 0. The molecule has 1 N–H and O–H groups in total. The fraction of sp³-hybridized carbons (Fsp3) is 0.467. The van der Waals surface area contributed by atoms with Gasteiger partial charge in [-0.3, -0.25) is 0 Å². The Kier molecular flexibility index (Phi) is 3.85. The third-order valence-corrected chi connectivity index (χ3v) is 3.57. The Morgan fingerprint density at radius 2 is 2.12 bits per heavy atom. The van der Waals surface area contributed by atoms with Gasteiger partial charge in [0.1, 0.15) is 5.75 Å². The van der Waals surface area contributed by atoms with Crippen molar-refractivity contribution in [2.24, 2.45) is 0 Å². The van der Waals surface area contributed by atoms with E-state index in [2.05, 4.69) is 31.0 Å². The second-order valence-corrected chi connectivity index (χ2v) is 4.80. The minimum absolute atomic E-state index is 0.401. The van der Waals surface area contributed by atoms with Crippen LogP contribution in [0.3, 0.4) is 0 Å². The molecule has 0 spiro atoms. The molecule has 0 saturated heterocycles. The molecule has 1 aromatic carbocycles. The fourth-order valence-corrected chi connectivity index (χ4v) is 2.45. The number of methoxy groups -OCH3 is 1. The van der Waals surface area contributed by atoms with E-state index in [1.165, 1.54) is 18.4 Å². The Bertz CT molecular complexity index is 382. The zero-order valence-corrected chi connectivity index (χ0v) is 10.6. The smallest absolute Gasteiger partial charge is 0.122 e. The summed E-state index contributed by atoms with van der Waals surface area (Å²) in [6, 6.07) is 9.36. The van der Waals surface area contributed by atoms with Crippen LogP contribution in [0.4, 0.5) is 0 Å². The van der Waals surface area contributed by atoms with E-state index in [9.17, 15) is 0 Å². The van der Waals surface area contributed by atoms with Gasteiger partial charge in [-0.2, -0.15) is 0 Å². The van der Waals surface area contributed by atoms with Gasteiger partial charge in [0, 0.05) is 12.1 Å². The largest absolute Gasteiger partial charge is 0.496 e. The number of ether oxygens (including phenoxy) is 1. The summed E-state index contributed by atoms with van der Waals surface area (Å²) in [7, 11) is 1.74. The first-order chi connectivity index (χ1) is 8.24. The van der Waals surface area contributed by atoms with Crippen LogP contribution in [0, 0.1) is 0 Å². The molecule has 0 radical (unpaired) electrons. The number of hydrogen-bond donors (Lipinski definition) is 1. The highest BCUT2D eigenvalue weighted by Gasteiger charge is 2.32. The summed E-state index contributed by atoms with van der Waals surface area (Å²) in [5, 5.41) is 3.54. The highest BCUT2D eigenvalue weighted by atomic mass is 16.5. The van der Waals surface area contributed by atoms with E-state index in [1.807, 2.05) is 18.2 Å². The molecule has 0 heterocycles. The summed E-state index contributed by atoms with van der Waals surface area (Å²) in [5.74, 6) is 1.66. The van der Waals surface area contributed by atoms with Crippen molar-refractivity contribution < 1.29 is 4.74 Å². The van der Waals surface area contributed by atoms with Gasteiger partial charge in [-0.1, -0.05) is 24.3 Å². The molecule has 1 saturated carbocycles. The van der Waals surface area contributed by atoms with Gasteiger partial charge < -0.3 is 10.1 Å². The van der Waals surface area contributed by atoms with Gasteiger partial charge >= 0.3 is 0 Å². The third-order valence-electron chi connectivity index (χ3n) is 3.57. The van der Waals surface area contributed by atoms with E-state index in [-0.39, 0.29) is 0 Å². The molecule has 0 aliphatic heterocycles. The van der Waals surface area contributed by atoms with E-state index < -0.39 is 0 Å². The van der Waals surface area contributed by atoms with Crippen LogP contribution in [-0.4, -0.2) is 19.2 Å². The molecule has 1 atom stereocenters. The van der Waals surface area contributed by atoms with Gasteiger partial charge in [0.25, 0.3) is 0 Å². The van der Waals surface area contributed by atoms with Gasteiger partial charge in [0.15, 0.2) is 0 Å². The Balaban J connectivity index is 1.92. The molecule has 0 bridgehead atoms. The molecule has 92 valence electrons. The number of para-hydroxylation sites is 1. The van der Waals surface area contributed by atoms with E-state index in [4.69, 9.17) is 4.74 Å². The fourth-order valence-electron chi connectivity index (χ4n) is 2.45. The van der Waals surface area contributed by atoms with Crippen molar-refractivity contribution in [1.82, 2.24) is 5.32 Å². The van der Waals surface area contributed by atoms with Crippen LogP contribution in [0.15, 0.2) is 36.9 Å². The monoisotopic (exact) mass is 231 g/mol. The predicted octanol–water partition coefficient (Wildman–Crippen LogP) is 3.11. The van der Waals surface area contributed by atoms with Crippen LogP contribution in [-0.2, 0) is 0 Å². The van der Waals surface area contributed by atoms with Crippen molar-refractivity contribution in [3.05, 3.63) is 42.5 Å². The van der Waals surface area contributed by atoms with Crippen molar-refractivity contribution in [2.75, 3.05) is 7.11 Å². The summed E-state index contributed by atoms with van der Waals surface area (Å²) >= 11 is 0. The SMILES string of the molecule is C=CC(C)NC1CC(c2ccccc2OC)C1. The molecule has 17 heavy (non-hydrogen) atoms. The topological polar surface area (TPSA) is 21.3 Å². The van der Waals surface area contributed by atoms with Gasteiger partial charge in [0.2, 0.25) is 0 Å². The average Bonchev–Trinajstić information content (AvgIpc) is 2.33. The maximum absolute atomic E-state index is 5.40. The van der Waals surface area contributed by atoms with E-state index in [0.717, 1.165) is 5.75 Å². The maximum atomic E-state index is 5.40. The number of rotatable bonds is 5. The number of nitrogens with one attached hydrogen (secondary N) is 1. The van der Waals surface area contributed by atoms with Gasteiger partial charge in [0.05, 0.1) is 7.11 Å². The quantitative estimate of drug-likeness (QED) is 0.786. The molecule has 1 aromatic rings. The van der Waals surface area contributed by atoms with Crippen LogP contribution in [0.1, 0.15) is 31.2 Å². The molecule has 2 nitrogen and oxygen atoms in total. The van der Waals surface area contributed by atoms with Crippen molar-refractivity contribution in [3.8, 4) is 5.75 Å². The standard InChI is InChI=1S/C15H21NO/c1-4-11(2)16-13-9-12(10-13)14-7-5-6-8-15(14)17-3/h4-8,11-13,16H,1,9-10H2,2-3H3. The maximum Gasteiger partial charge on any atom is 0.122 e. The molecule has 1 aliphatic rings. The van der Waals surface area contributed by atoms with E-state index >= 15 is 0 Å². The Labute approximate surface area is 104 Å². The predicted molar refractivity (Wildman–Crippen MR) is 71.6 cm³/mol. The molecular formula is C15H21NO. The molecule has 1 aliphatic carbocycles. The normalized spacial score (nSPS) is 24.8. The Morgan fingerprint density at radius 1 is 1.41 bits per heavy atom. The van der Waals surface area contributed by atoms with Crippen molar-refractivity contribution >= 4 is 0 Å². The lowest BCUT2D eigenvalue weighted by molar-refractivity contribution is 0.275. The van der Waals surface area contributed by atoms with Crippen molar-refractivity contribution in [2.45, 2.75) is 37.8 Å². The van der Waals surface area contributed by atoms with Crippen LogP contribution in [0.2, 0.25) is 0 Å². The molecule has 0 aromatic heterocycles. The Morgan fingerprint density at radius 3 is 2.76 bits per heavy atom. The van der Waals surface area contributed by atoms with Gasteiger partial charge in [-0.05, 0) is 37.3 Å². The van der Waals surface area contributed by atoms with Crippen molar-refractivity contribution in [3.63, 3.8) is 0 Å².